The second kappa shape index (κ2) is 13.5. The van der Waals surface area contributed by atoms with Gasteiger partial charge < -0.3 is 20.1 Å². The van der Waals surface area contributed by atoms with Crippen LogP contribution in [0.25, 0.3) is 0 Å². The van der Waals surface area contributed by atoms with Crippen LogP contribution in [0.3, 0.4) is 0 Å². The Labute approximate surface area is 166 Å². The zero-order valence-corrected chi connectivity index (χ0v) is 18.3. The molecule has 0 aliphatic rings. The molecule has 0 aromatic carbocycles. The van der Waals surface area contributed by atoms with Gasteiger partial charge >= 0.3 is 0 Å². The molecule has 7 heteroatoms. The molecule has 0 saturated heterocycles. The summed E-state index contributed by atoms with van der Waals surface area (Å²) in [5.74, 6) is 1.92. The van der Waals surface area contributed by atoms with Gasteiger partial charge in [0.1, 0.15) is 12.2 Å². The summed E-state index contributed by atoms with van der Waals surface area (Å²) < 4.78 is 2.08. The number of aryl methyl sites for hydroxylation is 1. The van der Waals surface area contributed by atoms with E-state index in [4.69, 9.17) is 4.99 Å². The van der Waals surface area contributed by atoms with Crippen molar-refractivity contribution in [3.05, 3.63) is 12.2 Å². The van der Waals surface area contributed by atoms with E-state index in [1.807, 2.05) is 0 Å². The van der Waals surface area contributed by atoms with Gasteiger partial charge in [0.25, 0.3) is 0 Å². The number of aliphatic imine (C=N–C) groups is 1. The second-order valence-electron chi connectivity index (χ2n) is 7.19. The van der Waals surface area contributed by atoms with Crippen molar-refractivity contribution in [3.63, 3.8) is 0 Å². The smallest absolute Gasteiger partial charge is 0.191 e. The molecule has 27 heavy (non-hydrogen) atoms. The quantitative estimate of drug-likeness (QED) is 0.407. The van der Waals surface area contributed by atoms with Crippen molar-refractivity contribution in [2.75, 3.05) is 26.2 Å². The molecule has 2 unspecified atom stereocenters. The van der Waals surface area contributed by atoms with Crippen molar-refractivity contribution in [1.29, 1.82) is 0 Å². The number of nitrogens with one attached hydrogen (secondary N) is 2. The third kappa shape index (κ3) is 9.22. The number of rotatable bonds is 13. The summed E-state index contributed by atoms with van der Waals surface area (Å²) in [5, 5.41) is 15.2. The molecule has 0 bridgehead atoms. The van der Waals surface area contributed by atoms with Crippen LogP contribution in [0.1, 0.15) is 66.6 Å². The first-order valence-electron chi connectivity index (χ1n) is 10.7. The fraction of sp³-hybridized carbons (Fsp3) is 0.850. The van der Waals surface area contributed by atoms with Crippen LogP contribution in [0, 0.1) is 0 Å². The SMILES string of the molecule is CCc1nncn1CCN=C(NC(C)CC)NC(C)CCCN(CC)CC. The molecule has 0 amide bonds. The van der Waals surface area contributed by atoms with Crippen LogP contribution in [0.4, 0.5) is 0 Å². The van der Waals surface area contributed by atoms with Gasteiger partial charge in [-0.25, -0.2) is 0 Å². The Morgan fingerprint density at radius 2 is 1.85 bits per heavy atom. The van der Waals surface area contributed by atoms with E-state index in [1.165, 1.54) is 6.42 Å². The minimum atomic E-state index is 0.400. The lowest BCUT2D eigenvalue weighted by Crippen LogP contribution is -2.46. The van der Waals surface area contributed by atoms with E-state index < -0.39 is 0 Å². The Morgan fingerprint density at radius 1 is 1.15 bits per heavy atom. The first-order valence-corrected chi connectivity index (χ1v) is 10.7. The van der Waals surface area contributed by atoms with E-state index in [0.717, 1.165) is 57.2 Å². The van der Waals surface area contributed by atoms with Crippen LogP contribution in [-0.2, 0) is 13.0 Å². The standard InChI is InChI=1S/C20H41N7/c1-7-17(5)23-20(21-13-15-27-16-22-25-19(27)8-2)24-18(6)12-11-14-26(9-3)10-4/h16-18H,7-15H2,1-6H3,(H2,21,23,24). The average molecular weight is 380 g/mol. The van der Waals surface area contributed by atoms with Gasteiger partial charge in [0.05, 0.1) is 6.54 Å². The van der Waals surface area contributed by atoms with E-state index in [0.29, 0.717) is 18.6 Å². The van der Waals surface area contributed by atoms with Crippen molar-refractivity contribution in [1.82, 2.24) is 30.3 Å². The maximum absolute atomic E-state index is 4.79. The van der Waals surface area contributed by atoms with Crippen molar-refractivity contribution in [2.45, 2.75) is 85.9 Å². The average Bonchev–Trinajstić information content (AvgIpc) is 3.12. The molecule has 1 rings (SSSR count). The molecule has 1 heterocycles. The minimum absolute atomic E-state index is 0.400. The van der Waals surface area contributed by atoms with Crippen LogP contribution in [0.2, 0.25) is 0 Å². The van der Waals surface area contributed by atoms with E-state index in [-0.39, 0.29) is 0 Å². The topological polar surface area (TPSA) is 70.4 Å². The summed E-state index contributed by atoms with van der Waals surface area (Å²) in [7, 11) is 0. The molecule has 7 nitrogen and oxygen atoms in total. The first-order chi connectivity index (χ1) is 13.0. The molecule has 0 fully saturated rings. The van der Waals surface area contributed by atoms with Gasteiger partial charge in [-0.15, -0.1) is 10.2 Å². The lowest BCUT2D eigenvalue weighted by Gasteiger charge is -2.23. The van der Waals surface area contributed by atoms with E-state index in [9.17, 15) is 0 Å². The van der Waals surface area contributed by atoms with Gasteiger partial charge in [0, 0.05) is 25.0 Å². The zero-order chi connectivity index (χ0) is 20.1. The van der Waals surface area contributed by atoms with Gasteiger partial charge in [0.2, 0.25) is 0 Å². The van der Waals surface area contributed by atoms with Crippen molar-refractivity contribution in [3.8, 4) is 0 Å². The van der Waals surface area contributed by atoms with Gasteiger partial charge in [0.15, 0.2) is 5.96 Å². The van der Waals surface area contributed by atoms with E-state index in [1.54, 1.807) is 6.33 Å². The fourth-order valence-electron chi connectivity index (χ4n) is 2.94. The van der Waals surface area contributed by atoms with Crippen LogP contribution in [-0.4, -0.2) is 63.9 Å². The van der Waals surface area contributed by atoms with E-state index in [2.05, 4.69) is 71.8 Å². The summed E-state index contributed by atoms with van der Waals surface area (Å²) in [4.78, 5) is 7.26. The molecular formula is C20H41N7. The molecule has 0 aliphatic carbocycles. The molecule has 0 spiro atoms. The molecule has 1 aromatic heterocycles. The normalized spacial score (nSPS) is 14.4. The lowest BCUT2D eigenvalue weighted by molar-refractivity contribution is 0.292. The summed E-state index contributed by atoms with van der Waals surface area (Å²) in [6, 6.07) is 0.803. The first kappa shape index (κ1) is 23.4. The highest BCUT2D eigenvalue weighted by molar-refractivity contribution is 5.80. The molecule has 1 aromatic rings. The summed E-state index contributed by atoms with van der Waals surface area (Å²) in [6.07, 6.45) is 6.10. The summed E-state index contributed by atoms with van der Waals surface area (Å²) in [5.41, 5.74) is 0. The van der Waals surface area contributed by atoms with Gasteiger partial charge in [-0.3, -0.25) is 4.99 Å². The Balaban J connectivity index is 2.54. The largest absolute Gasteiger partial charge is 0.354 e. The van der Waals surface area contributed by atoms with Gasteiger partial charge in [-0.1, -0.05) is 27.7 Å². The van der Waals surface area contributed by atoms with Gasteiger partial charge in [-0.05, 0) is 52.7 Å². The third-order valence-corrected chi connectivity index (χ3v) is 5.01. The van der Waals surface area contributed by atoms with Crippen LogP contribution < -0.4 is 10.6 Å². The van der Waals surface area contributed by atoms with Crippen LogP contribution in [0.5, 0.6) is 0 Å². The lowest BCUT2D eigenvalue weighted by atomic mass is 10.2. The highest BCUT2D eigenvalue weighted by Crippen LogP contribution is 2.01. The number of nitrogens with zero attached hydrogens (tertiary/aromatic N) is 5. The van der Waals surface area contributed by atoms with E-state index >= 15 is 0 Å². The monoisotopic (exact) mass is 379 g/mol. The zero-order valence-electron chi connectivity index (χ0n) is 18.3. The number of guanidine groups is 1. The van der Waals surface area contributed by atoms with Crippen LogP contribution in [0.15, 0.2) is 11.3 Å². The van der Waals surface area contributed by atoms with Crippen molar-refractivity contribution >= 4 is 5.96 Å². The Bertz CT molecular complexity index is 522. The molecule has 0 aliphatic heterocycles. The molecule has 2 atom stereocenters. The van der Waals surface area contributed by atoms with Gasteiger partial charge in [-0.2, -0.15) is 0 Å². The fourth-order valence-corrected chi connectivity index (χ4v) is 2.94. The summed E-state index contributed by atoms with van der Waals surface area (Å²) >= 11 is 0. The molecule has 0 saturated carbocycles. The predicted molar refractivity (Wildman–Crippen MR) is 114 cm³/mol. The second-order valence-corrected chi connectivity index (χ2v) is 7.19. The highest BCUT2D eigenvalue weighted by Gasteiger charge is 2.09. The molecule has 0 radical (unpaired) electrons. The Morgan fingerprint density at radius 3 is 2.48 bits per heavy atom. The summed E-state index contributed by atoms with van der Waals surface area (Å²) in [6.45, 7) is 18.1. The highest BCUT2D eigenvalue weighted by atomic mass is 15.3. The maximum atomic E-state index is 4.79. The molecule has 2 N–H and O–H groups in total. The minimum Gasteiger partial charge on any atom is -0.354 e. The number of hydrogen-bond donors (Lipinski definition) is 2. The predicted octanol–water partition coefficient (Wildman–Crippen LogP) is 2.68. The molecule has 156 valence electrons. The number of aromatic nitrogens is 3. The van der Waals surface area contributed by atoms with Crippen molar-refractivity contribution < 1.29 is 0 Å². The van der Waals surface area contributed by atoms with Crippen molar-refractivity contribution in [2.24, 2.45) is 4.99 Å². The Hall–Kier alpha value is -1.63. The Kier molecular flexibility index (Phi) is 11.7. The third-order valence-electron chi connectivity index (χ3n) is 5.01. The number of hydrogen-bond acceptors (Lipinski definition) is 4. The molecular weight excluding hydrogens is 338 g/mol. The maximum Gasteiger partial charge on any atom is 0.191 e. The van der Waals surface area contributed by atoms with Crippen LogP contribution >= 0.6 is 0 Å².